The Kier molecular flexibility index (Phi) is 3.61. The molecule has 0 saturated carbocycles. The lowest BCUT2D eigenvalue weighted by atomic mass is 10.2. The van der Waals surface area contributed by atoms with Crippen LogP contribution >= 0.6 is 11.6 Å². The van der Waals surface area contributed by atoms with Crippen LogP contribution in [0, 0.1) is 0 Å². The Balaban J connectivity index is 2.17. The van der Waals surface area contributed by atoms with Crippen molar-refractivity contribution in [3.8, 4) is 0 Å². The molecule has 1 aromatic heterocycles. The van der Waals surface area contributed by atoms with Gasteiger partial charge < -0.3 is 0 Å². The predicted octanol–water partition coefficient (Wildman–Crippen LogP) is 4.60. The van der Waals surface area contributed by atoms with E-state index in [0.29, 0.717) is 11.0 Å². The summed E-state index contributed by atoms with van der Waals surface area (Å²) in [4.78, 5) is 10.6. The minimum absolute atomic E-state index is 0.590. The van der Waals surface area contributed by atoms with Crippen molar-refractivity contribution < 1.29 is 0 Å². The van der Waals surface area contributed by atoms with Crippen LogP contribution < -0.4 is 4.90 Å². The summed E-state index contributed by atoms with van der Waals surface area (Å²) in [5.74, 6) is 0.590. The SMILES string of the molecule is Clc1ccccc1N(c1ccccc1)c1ncccn1. The molecule has 20 heavy (non-hydrogen) atoms. The van der Waals surface area contributed by atoms with Gasteiger partial charge in [0.15, 0.2) is 0 Å². The van der Waals surface area contributed by atoms with Gasteiger partial charge in [-0.3, -0.25) is 4.90 Å². The number of anilines is 3. The maximum atomic E-state index is 6.32. The lowest BCUT2D eigenvalue weighted by Gasteiger charge is -2.23. The lowest BCUT2D eigenvalue weighted by Crippen LogP contribution is -2.13. The first kappa shape index (κ1) is 12.6. The first-order chi connectivity index (χ1) is 9.86. The van der Waals surface area contributed by atoms with Gasteiger partial charge in [0.05, 0.1) is 10.7 Å². The van der Waals surface area contributed by atoms with Crippen LogP contribution in [-0.2, 0) is 0 Å². The number of benzene rings is 2. The van der Waals surface area contributed by atoms with Gasteiger partial charge in [-0.1, -0.05) is 41.9 Å². The monoisotopic (exact) mass is 281 g/mol. The molecule has 4 heteroatoms. The molecule has 0 fully saturated rings. The number of hydrogen-bond donors (Lipinski definition) is 0. The van der Waals surface area contributed by atoms with Crippen molar-refractivity contribution in [1.29, 1.82) is 0 Å². The van der Waals surface area contributed by atoms with Gasteiger partial charge in [0.25, 0.3) is 0 Å². The standard InChI is InChI=1S/C16H12ClN3/c17-14-9-4-5-10-15(14)20(13-7-2-1-3-8-13)16-18-11-6-12-19-16/h1-12H. The van der Waals surface area contributed by atoms with E-state index in [1.807, 2.05) is 59.5 Å². The molecule has 0 spiro atoms. The fourth-order valence-corrected chi connectivity index (χ4v) is 2.20. The highest BCUT2D eigenvalue weighted by Gasteiger charge is 2.16. The molecular formula is C16H12ClN3. The summed E-state index contributed by atoms with van der Waals surface area (Å²) in [6, 6.07) is 19.4. The molecule has 2 aromatic carbocycles. The maximum absolute atomic E-state index is 6.32. The molecule has 0 bridgehead atoms. The first-order valence-electron chi connectivity index (χ1n) is 6.23. The maximum Gasteiger partial charge on any atom is 0.234 e. The zero-order valence-electron chi connectivity index (χ0n) is 10.6. The molecule has 0 amide bonds. The third-order valence-electron chi connectivity index (χ3n) is 2.86. The molecule has 1 heterocycles. The Morgan fingerprint density at radius 3 is 2.10 bits per heavy atom. The fourth-order valence-electron chi connectivity index (χ4n) is 1.98. The van der Waals surface area contributed by atoms with Crippen molar-refractivity contribution in [1.82, 2.24) is 9.97 Å². The highest BCUT2D eigenvalue weighted by Crippen LogP contribution is 2.35. The minimum atomic E-state index is 0.590. The zero-order valence-corrected chi connectivity index (χ0v) is 11.4. The molecular weight excluding hydrogens is 270 g/mol. The van der Waals surface area contributed by atoms with Crippen LogP contribution in [0.4, 0.5) is 17.3 Å². The van der Waals surface area contributed by atoms with E-state index in [0.717, 1.165) is 11.4 Å². The van der Waals surface area contributed by atoms with E-state index in [4.69, 9.17) is 11.6 Å². The van der Waals surface area contributed by atoms with E-state index in [-0.39, 0.29) is 0 Å². The number of nitrogens with zero attached hydrogens (tertiary/aromatic N) is 3. The Bertz CT molecular complexity index is 647. The normalized spacial score (nSPS) is 10.2. The summed E-state index contributed by atoms with van der Waals surface area (Å²) in [6.07, 6.45) is 3.43. The second-order valence-corrected chi connectivity index (χ2v) is 4.58. The average Bonchev–Trinajstić information content (AvgIpc) is 2.52. The van der Waals surface area contributed by atoms with Crippen LogP contribution in [0.25, 0.3) is 0 Å². The topological polar surface area (TPSA) is 29.0 Å². The third-order valence-corrected chi connectivity index (χ3v) is 3.18. The molecule has 0 atom stereocenters. The molecule has 98 valence electrons. The third kappa shape index (κ3) is 2.49. The molecule has 0 aliphatic carbocycles. The predicted molar refractivity (Wildman–Crippen MR) is 81.7 cm³/mol. The summed E-state index contributed by atoms with van der Waals surface area (Å²) in [5, 5.41) is 0.656. The van der Waals surface area contributed by atoms with Crippen LogP contribution in [0.5, 0.6) is 0 Å². The van der Waals surface area contributed by atoms with Crippen LogP contribution in [0.15, 0.2) is 73.1 Å². The van der Waals surface area contributed by atoms with E-state index in [2.05, 4.69) is 9.97 Å². The van der Waals surface area contributed by atoms with Crippen LogP contribution in [0.2, 0.25) is 5.02 Å². The van der Waals surface area contributed by atoms with Crippen LogP contribution in [0.3, 0.4) is 0 Å². The van der Waals surface area contributed by atoms with Gasteiger partial charge in [0.2, 0.25) is 5.95 Å². The van der Waals surface area contributed by atoms with Crippen molar-refractivity contribution >= 4 is 28.9 Å². The second kappa shape index (κ2) is 5.72. The Morgan fingerprint density at radius 2 is 1.40 bits per heavy atom. The van der Waals surface area contributed by atoms with Gasteiger partial charge in [-0.05, 0) is 30.3 Å². The number of hydrogen-bond acceptors (Lipinski definition) is 3. The van der Waals surface area contributed by atoms with Crippen molar-refractivity contribution in [2.45, 2.75) is 0 Å². The van der Waals surface area contributed by atoms with Gasteiger partial charge in [-0.2, -0.15) is 0 Å². The van der Waals surface area contributed by atoms with E-state index >= 15 is 0 Å². The average molecular weight is 282 g/mol. The van der Waals surface area contributed by atoms with Crippen molar-refractivity contribution in [2.75, 3.05) is 4.90 Å². The number of rotatable bonds is 3. The van der Waals surface area contributed by atoms with Crippen LogP contribution in [-0.4, -0.2) is 9.97 Å². The summed E-state index contributed by atoms with van der Waals surface area (Å²) < 4.78 is 0. The van der Waals surface area contributed by atoms with Crippen LogP contribution in [0.1, 0.15) is 0 Å². The molecule has 0 unspecified atom stereocenters. The van der Waals surface area contributed by atoms with Gasteiger partial charge in [-0.15, -0.1) is 0 Å². The summed E-state index contributed by atoms with van der Waals surface area (Å²) in [6.45, 7) is 0. The second-order valence-electron chi connectivity index (χ2n) is 4.17. The van der Waals surface area contributed by atoms with E-state index < -0.39 is 0 Å². The van der Waals surface area contributed by atoms with E-state index in [9.17, 15) is 0 Å². The Labute approximate surface area is 122 Å². The summed E-state index contributed by atoms with van der Waals surface area (Å²) >= 11 is 6.32. The largest absolute Gasteiger partial charge is 0.278 e. The summed E-state index contributed by atoms with van der Waals surface area (Å²) in [7, 11) is 0. The number of para-hydroxylation sites is 2. The molecule has 0 saturated heterocycles. The Morgan fingerprint density at radius 1 is 0.750 bits per heavy atom. The highest BCUT2D eigenvalue weighted by molar-refractivity contribution is 6.33. The molecule has 3 nitrogen and oxygen atoms in total. The molecule has 3 rings (SSSR count). The van der Waals surface area contributed by atoms with Gasteiger partial charge >= 0.3 is 0 Å². The molecule has 0 radical (unpaired) electrons. The molecule has 0 aliphatic heterocycles. The molecule has 0 aliphatic rings. The fraction of sp³-hybridized carbons (Fsp3) is 0. The van der Waals surface area contributed by atoms with Gasteiger partial charge in [-0.25, -0.2) is 9.97 Å². The zero-order chi connectivity index (χ0) is 13.8. The molecule has 3 aromatic rings. The number of aromatic nitrogens is 2. The highest BCUT2D eigenvalue weighted by atomic mass is 35.5. The van der Waals surface area contributed by atoms with Gasteiger partial charge in [0, 0.05) is 18.1 Å². The molecule has 0 N–H and O–H groups in total. The first-order valence-corrected chi connectivity index (χ1v) is 6.61. The van der Waals surface area contributed by atoms with Crippen molar-refractivity contribution in [3.63, 3.8) is 0 Å². The van der Waals surface area contributed by atoms with E-state index in [1.54, 1.807) is 18.5 Å². The smallest absolute Gasteiger partial charge is 0.234 e. The van der Waals surface area contributed by atoms with E-state index in [1.165, 1.54) is 0 Å². The quantitative estimate of drug-likeness (QED) is 0.702. The minimum Gasteiger partial charge on any atom is -0.278 e. The van der Waals surface area contributed by atoms with Crippen molar-refractivity contribution in [3.05, 3.63) is 78.1 Å². The lowest BCUT2D eigenvalue weighted by molar-refractivity contribution is 1.08. The number of halogens is 1. The summed E-state index contributed by atoms with van der Waals surface area (Å²) in [5.41, 5.74) is 1.82. The van der Waals surface area contributed by atoms with Crippen molar-refractivity contribution in [2.24, 2.45) is 0 Å². The van der Waals surface area contributed by atoms with Gasteiger partial charge in [0.1, 0.15) is 0 Å². The Hall–Kier alpha value is -2.39.